The van der Waals surface area contributed by atoms with Crippen molar-refractivity contribution >= 4 is 40.0 Å². The molecule has 1 N–H and O–H groups in total. The summed E-state index contributed by atoms with van der Waals surface area (Å²) < 4.78 is 4.23. The summed E-state index contributed by atoms with van der Waals surface area (Å²) in [6.45, 7) is 3.35. The van der Waals surface area contributed by atoms with Crippen molar-refractivity contribution in [2.24, 2.45) is 0 Å². The average Bonchev–Trinajstić information content (AvgIpc) is 3.48. The summed E-state index contributed by atoms with van der Waals surface area (Å²) >= 11 is 3.68. The Hall–Kier alpha value is -2.51. The van der Waals surface area contributed by atoms with Gasteiger partial charge >= 0.3 is 0 Å². The largest absolute Gasteiger partial charge is 0.345 e. The van der Waals surface area contributed by atoms with E-state index >= 15 is 0 Å². The number of thioether (sulfide) groups is 1. The van der Waals surface area contributed by atoms with Gasteiger partial charge in [0.15, 0.2) is 0 Å². The third-order valence-electron chi connectivity index (χ3n) is 5.32. The predicted octanol–water partition coefficient (Wildman–Crippen LogP) is 4.63. The maximum absolute atomic E-state index is 13.3. The lowest BCUT2D eigenvalue weighted by Gasteiger charge is -2.13. The molecule has 1 amide bonds. The van der Waals surface area contributed by atoms with Gasteiger partial charge in [-0.2, -0.15) is 11.8 Å². The van der Waals surface area contributed by atoms with E-state index < -0.39 is 0 Å². The molecule has 0 radical (unpaired) electrons. The molecule has 4 aromatic rings. The summed E-state index contributed by atoms with van der Waals surface area (Å²) in [5.74, 6) is 2.95. The molecule has 1 aliphatic rings. The molecular formula is C22H22N4OS2. The quantitative estimate of drug-likeness (QED) is 0.510. The van der Waals surface area contributed by atoms with E-state index in [4.69, 9.17) is 4.98 Å². The number of benzene rings is 1. The Kier molecular flexibility index (Phi) is 4.93. The molecule has 0 atom stereocenters. The highest BCUT2D eigenvalue weighted by Crippen LogP contribution is 2.38. The van der Waals surface area contributed by atoms with E-state index in [9.17, 15) is 4.79 Å². The van der Waals surface area contributed by atoms with Crippen LogP contribution < -0.4 is 5.32 Å². The molecule has 5 rings (SSSR count). The van der Waals surface area contributed by atoms with Crippen molar-refractivity contribution in [3.63, 3.8) is 0 Å². The molecule has 148 valence electrons. The van der Waals surface area contributed by atoms with Crippen molar-refractivity contribution in [2.75, 3.05) is 5.75 Å². The predicted molar refractivity (Wildman–Crippen MR) is 120 cm³/mol. The molecule has 0 spiro atoms. The number of aromatic nitrogens is 3. The van der Waals surface area contributed by atoms with E-state index in [0.29, 0.717) is 6.54 Å². The van der Waals surface area contributed by atoms with E-state index in [-0.39, 0.29) is 5.91 Å². The van der Waals surface area contributed by atoms with Crippen molar-refractivity contribution in [1.29, 1.82) is 0 Å². The molecule has 1 aromatic carbocycles. The molecule has 0 saturated heterocycles. The van der Waals surface area contributed by atoms with Crippen LogP contribution in [0, 0.1) is 0 Å². The Morgan fingerprint density at radius 3 is 2.86 bits per heavy atom. The summed E-state index contributed by atoms with van der Waals surface area (Å²) in [4.78, 5) is 19.4. The zero-order chi connectivity index (χ0) is 19.8. The second-order valence-corrected chi connectivity index (χ2v) is 9.21. The molecule has 1 aliphatic heterocycles. The molecule has 7 heteroatoms. The highest BCUT2D eigenvalue weighted by Gasteiger charge is 2.26. The van der Waals surface area contributed by atoms with Gasteiger partial charge in [0.05, 0.1) is 23.1 Å². The zero-order valence-electron chi connectivity index (χ0n) is 16.2. The van der Waals surface area contributed by atoms with Gasteiger partial charge in [0, 0.05) is 29.6 Å². The lowest BCUT2D eigenvalue weighted by molar-refractivity contribution is 0.0949. The first kappa shape index (κ1) is 18.5. The van der Waals surface area contributed by atoms with Gasteiger partial charge in [-0.25, -0.2) is 4.98 Å². The lowest BCUT2D eigenvalue weighted by Crippen LogP contribution is -2.26. The molecule has 0 bridgehead atoms. The van der Waals surface area contributed by atoms with Gasteiger partial charge in [-0.1, -0.05) is 12.1 Å². The summed E-state index contributed by atoms with van der Waals surface area (Å²) in [5.41, 5.74) is 4.13. The van der Waals surface area contributed by atoms with Gasteiger partial charge in [0.2, 0.25) is 0 Å². The molecule has 4 heterocycles. The minimum atomic E-state index is -0.00666. The SMILES string of the molecule is CCn1c(CNC(=O)c2c(-n3cccc3)sc3c2CCSC3)nc2ccccc21. The van der Waals surface area contributed by atoms with Crippen molar-refractivity contribution in [3.05, 3.63) is 70.6 Å². The molecule has 3 aromatic heterocycles. The molecule has 0 unspecified atom stereocenters. The number of carbonyl (C=O) groups is 1. The van der Waals surface area contributed by atoms with E-state index in [1.807, 2.05) is 54.5 Å². The minimum absolute atomic E-state index is 0.00666. The number of carbonyl (C=O) groups excluding carboxylic acids is 1. The van der Waals surface area contributed by atoms with Gasteiger partial charge < -0.3 is 14.5 Å². The number of aryl methyl sites for hydroxylation is 1. The van der Waals surface area contributed by atoms with Crippen LogP contribution in [0.5, 0.6) is 0 Å². The monoisotopic (exact) mass is 422 g/mol. The number of nitrogens with one attached hydrogen (secondary N) is 1. The van der Waals surface area contributed by atoms with Gasteiger partial charge in [-0.15, -0.1) is 11.3 Å². The highest BCUT2D eigenvalue weighted by molar-refractivity contribution is 7.98. The second-order valence-electron chi connectivity index (χ2n) is 7.02. The van der Waals surface area contributed by atoms with Gasteiger partial charge in [0.1, 0.15) is 10.8 Å². The summed E-state index contributed by atoms with van der Waals surface area (Å²) in [5, 5.41) is 4.17. The van der Waals surface area contributed by atoms with Gasteiger partial charge in [0.25, 0.3) is 5.91 Å². The number of hydrogen-bond donors (Lipinski definition) is 1. The Morgan fingerprint density at radius 1 is 1.21 bits per heavy atom. The normalized spacial score (nSPS) is 13.6. The van der Waals surface area contributed by atoms with Crippen LogP contribution in [0.4, 0.5) is 0 Å². The van der Waals surface area contributed by atoms with E-state index in [0.717, 1.165) is 51.9 Å². The van der Waals surface area contributed by atoms with Crippen LogP contribution in [0.2, 0.25) is 0 Å². The first-order chi connectivity index (χ1) is 14.3. The third kappa shape index (κ3) is 3.28. The van der Waals surface area contributed by atoms with Crippen molar-refractivity contribution < 1.29 is 4.79 Å². The number of para-hydroxylation sites is 2. The molecular weight excluding hydrogens is 400 g/mol. The van der Waals surface area contributed by atoms with Gasteiger partial charge in [-0.05, 0) is 48.9 Å². The van der Waals surface area contributed by atoms with Crippen LogP contribution in [-0.2, 0) is 25.3 Å². The van der Waals surface area contributed by atoms with Crippen LogP contribution in [-0.4, -0.2) is 25.8 Å². The molecule has 29 heavy (non-hydrogen) atoms. The number of thiophene rings is 1. The number of rotatable bonds is 5. The maximum Gasteiger partial charge on any atom is 0.254 e. The van der Waals surface area contributed by atoms with Crippen LogP contribution in [0.25, 0.3) is 16.0 Å². The molecule has 0 saturated carbocycles. The molecule has 5 nitrogen and oxygen atoms in total. The smallest absolute Gasteiger partial charge is 0.254 e. The fraction of sp³-hybridized carbons (Fsp3) is 0.273. The number of imidazole rings is 1. The first-order valence-corrected chi connectivity index (χ1v) is 11.8. The van der Waals surface area contributed by atoms with Crippen LogP contribution in [0.1, 0.15) is 33.5 Å². The Bertz CT molecular complexity index is 1170. The fourth-order valence-corrected chi connectivity index (χ4v) is 6.41. The summed E-state index contributed by atoms with van der Waals surface area (Å²) in [6, 6.07) is 12.1. The summed E-state index contributed by atoms with van der Waals surface area (Å²) in [7, 11) is 0. The van der Waals surface area contributed by atoms with Crippen LogP contribution >= 0.6 is 23.1 Å². The average molecular weight is 423 g/mol. The highest BCUT2D eigenvalue weighted by atomic mass is 32.2. The van der Waals surface area contributed by atoms with Crippen molar-refractivity contribution in [3.8, 4) is 5.00 Å². The fourth-order valence-electron chi connectivity index (χ4n) is 3.96. The lowest BCUT2D eigenvalue weighted by atomic mass is 10.1. The third-order valence-corrected chi connectivity index (χ3v) is 7.74. The zero-order valence-corrected chi connectivity index (χ0v) is 17.9. The van der Waals surface area contributed by atoms with E-state index in [1.165, 1.54) is 10.4 Å². The topological polar surface area (TPSA) is 51.9 Å². The number of amides is 1. The van der Waals surface area contributed by atoms with Crippen LogP contribution in [0.3, 0.4) is 0 Å². The molecule has 0 aliphatic carbocycles. The Morgan fingerprint density at radius 2 is 2.03 bits per heavy atom. The maximum atomic E-state index is 13.3. The van der Waals surface area contributed by atoms with E-state index in [2.05, 4.69) is 27.4 Å². The number of nitrogens with zero attached hydrogens (tertiary/aromatic N) is 3. The minimum Gasteiger partial charge on any atom is -0.345 e. The standard InChI is InChI=1S/C22H22N4OS2/c1-2-26-17-8-4-3-7-16(17)24-19(26)13-23-21(27)20-15-9-12-28-14-18(15)29-22(20)25-10-5-6-11-25/h3-8,10-11H,2,9,12-14H2,1H3,(H,23,27). The van der Waals surface area contributed by atoms with Gasteiger partial charge in [-0.3, -0.25) is 4.79 Å². The molecule has 0 fully saturated rings. The Balaban J connectivity index is 1.47. The van der Waals surface area contributed by atoms with Crippen molar-refractivity contribution in [1.82, 2.24) is 19.4 Å². The van der Waals surface area contributed by atoms with Crippen molar-refractivity contribution in [2.45, 2.75) is 32.2 Å². The van der Waals surface area contributed by atoms with E-state index in [1.54, 1.807) is 11.3 Å². The second kappa shape index (κ2) is 7.72. The number of fused-ring (bicyclic) bond motifs is 2. The first-order valence-electron chi connectivity index (χ1n) is 9.84. The van der Waals surface area contributed by atoms with Crippen LogP contribution in [0.15, 0.2) is 48.8 Å². The summed E-state index contributed by atoms with van der Waals surface area (Å²) in [6.07, 6.45) is 4.98. The Labute approximate surface area is 177 Å². The number of hydrogen-bond acceptors (Lipinski definition) is 4.